The lowest BCUT2D eigenvalue weighted by Gasteiger charge is -2.33. The number of hydrogen-bond acceptors (Lipinski definition) is 1. The molecule has 5 aliphatic rings. The summed E-state index contributed by atoms with van der Waals surface area (Å²) in [6.07, 6.45) is 9.41. The highest BCUT2D eigenvalue weighted by Crippen LogP contribution is 2.63. The van der Waals surface area contributed by atoms with Crippen molar-refractivity contribution in [2.75, 3.05) is 13.2 Å². The molecular weight excluding hydrogens is 359 g/mol. The van der Waals surface area contributed by atoms with Crippen molar-refractivity contribution in [2.45, 2.75) is 52.4 Å². The maximum atomic E-state index is 9.75. The van der Waals surface area contributed by atoms with Crippen LogP contribution in [0, 0.1) is 29.8 Å². The topological polar surface area (TPSA) is 20.5 Å². The summed E-state index contributed by atoms with van der Waals surface area (Å²) in [6, 6.07) is 0. The Bertz CT molecular complexity index is 657. The van der Waals surface area contributed by atoms with Gasteiger partial charge in [0.15, 0.2) is 0 Å². The summed E-state index contributed by atoms with van der Waals surface area (Å²) >= 11 is 0. The largest absolute Gasteiger partial charge is 0.673 e. The molecule has 0 amide bonds. The van der Waals surface area contributed by atoms with Crippen molar-refractivity contribution in [1.82, 2.24) is 0 Å². The minimum atomic E-state index is -6.00. The fraction of sp³-hybridized carbons (Fsp3) is 0.700. The quantitative estimate of drug-likeness (QED) is 0.360. The van der Waals surface area contributed by atoms with Gasteiger partial charge in [-0.3, -0.25) is 4.42 Å². The molecule has 4 bridgehead atoms. The highest BCUT2D eigenvalue weighted by Gasteiger charge is 2.58. The second-order valence-corrected chi connectivity index (χ2v) is 8.09. The number of carbonyl (C=O) groups excluding carboxylic acids is 1. The molecule has 0 unspecified atom stereocenters. The summed E-state index contributed by atoms with van der Waals surface area (Å²) in [4.78, 5) is 0. The van der Waals surface area contributed by atoms with E-state index in [2.05, 4.69) is 13.8 Å². The third kappa shape index (κ3) is 3.30. The number of halogens is 4. The molecule has 1 radical (unpaired) electrons. The molecule has 5 aliphatic carbocycles. The summed E-state index contributed by atoms with van der Waals surface area (Å²) < 4.78 is 51.5. The Morgan fingerprint density at radius 2 is 1.22 bits per heavy atom. The van der Waals surface area contributed by atoms with E-state index in [9.17, 15) is 17.3 Å². The van der Waals surface area contributed by atoms with Gasteiger partial charge in [-0.15, -0.1) is 0 Å². The lowest BCUT2D eigenvalue weighted by atomic mass is 9.72. The maximum Gasteiger partial charge on any atom is 0.673 e. The summed E-state index contributed by atoms with van der Waals surface area (Å²) in [6.45, 7) is 5.86. The molecule has 0 N–H and O–H groups in total. The van der Waals surface area contributed by atoms with Crippen LogP contribution in [0.25, 0.3) is 0 Å². The van der Waals surface area contributed by atoms with Gasteiger partial charge in [0.05, 0.1) is 11.1 Å². The molecule has 0 spiro atoms. The number of fused-ring (bicyclic) bond motifs is 8. The van der Waals surface area contributed by atoms with Crippen LogP contribution in [-0.4, -0.2) is 26.3 Å². The van der Waals surface area contributed by atoms with E-state index < -0.39 is 7.25 Å². The number of rotatable bonds is 3. The van der Waals surface area contributed by atoms with Crippen LogP contribution in [-0.2, 0) is 9.16 Å². The first-order chi connectivity index (χ1) is 12.8. The Kier molecular flexibility index (Phi) is 5.02. The van der Waals surface area contributed by atoms with E-state index in [1.165, 1.54) is 50.4 Å². The molecule has 4 atom stereocenters. The van der Waals surface area contributed by atoms with E-state index in [1.807, 2.05) is 0 Å². The summed E-state index contributed by atoms with van der Waals surface area (Å²) in [5.74, 6) is 4.26. The number of hydrogen-bond donors (Lipinski definition) is 0. The van der Waals surface area contributed by atoms with Crippen LogP contribution in [0.2, 0.25) is 0 Å². The third-order valence-electron chi connectivity index (χ3n) is 6.63. The molecule has 5 rings (SSSR count). The molecule has 0 aliphatic heterocycles. The van der Waals surface area contributed by atoms with Crippen molar-refractivity contribution in [3.05, 3.63) is 28.4 Å². The third-order valence-corrected chi connectivity index (χ3v) is 6.63. The summed E-state index contributed by atoms with van der Waals surface area (Å²) in [7, 11) is -6.00. The van der Waals surface area contributed by atoms with Gasteiger partial charge in [-0.1, -0.05) is 0 Å². The number of ketones is 1. The molecule has 0 aromatic rings. The first-order valence-corrected chi connectivity index (χ1v) is 10.2. The van der Waals surface area contributed by atoms with Crippen molar-refractivity contribution >= 4 is 13.0 Å². The van der Waals surface area contributed by atoms with Crippen molar-refractivity contribution in [3.8, 4) is 0 Å². The SMILES string of the molecule is CCO[C]1C2=C(C(=[O+]CC)C3=C1[C@@H]1CC[C@H]3C1)[C@@H]1CC[C@H]2C1.F[B-](F)(F)F. The van der Waals surface area contributed by atoms with Gasteiger partial charge in [0.1, 0.15) is 6.10 Å². The minimum Gasteiger partial charge on any atom is -0.418 e. The van der Waals surface area contributed by atoms with E-state index in [0.29, 0.717) is 0 Å². The Labute approximate surface area is 157 Å². The molecule has 0 aromatic carbocycles. The molecule has 2 nitrogen and oxygen atoms in total. The molecule has 27 heavy (non-hydrogen) atoms. The molecule has 0 heterocycles. The van der Waals surface area contributed by atoms with Gasteiger partial charge in [-0.05, 0) is 80.3 Å². The normalized spacial score (nSPS) is 35.7. The second kappa shape index (κ2) is 7.05. The zero-order valence-electron chi connectivity index (χ0n) is 15.9. The fourth-order valence-electron chi connectivity index (χ4n) is 6.01. The van der Waals surface area contributed by atoms with Gasteiger partial charge in [-0.25, -0.2) is 0 Å². The van der Waals surface area contributed by atoms with Crippen LogP contribution in [0.3, 0.4) is 0 Å². The molecule has 149 valence electrons. The monoisotopic (exact) mass is 385 g/mol. The lowest BCUT2D eigenvalue weighted by Crippen LogP contribution is -2.31. The van der Waals surface area contributed by atoms with E-state index in [1.54, 1.807) is 22.3 Å². The molecule has 0 saturated heterocycles. The zero-order valence-corrected chi connectivity index (χ0v) is 15.9. The lowest BCUT2D eigenvalue weighted by molar-refractivity contribution is -0.451. The molecule has 7 heteroatoms. The van der Waals surface area contributed by atoms with Gasteiger partial charge in [0, 0.05) is 13.5 Å². The predicted octanol–water partition coefficient (Wildman–Crippen LogP) is 5.45. The average Bonchev–Trinajstić information content (AvgIpc) is 3.35. The predicted molar refractivity (Wildman–Crippen MR) is 96.3 cm³/mol. The standard InChI is InChI=1S/C20H26O2.BF4/c1-3-21-19-15-11-5-7-13(9-11)17(15)20(22-4-2)18-14-8-6-12(10-14)16(18)19;2-1(3,4)5/h11-14H,3-10H2,1-2H3;/q+1;-1/t11-,12+,13+,14-;. The molecule has 2 fully saturated rings. The first-order valence-electron chi connectivity index (χ1n) is 10.2. The van der Waals surface area contributed by atoms with Crippen LogP contribution >= 0.6 is 0 Å². The van der Waals surface area contributed by atoms with Gasteiger partial charge >= 0.3 is 13.0 Å². The van der Waals surface area contributed by atoms with E-state index in [-0.39, 0.29) is 0 Å². The minimum absolute atomic E-state index is 0.741. The highest BCUT2D eigenvalue weighted by molar-refractivity contribution is 6.50. The maximum absolute atomic E-state index is 9.75. The van der Waals surface area contributed by atoms with E-state index >= 15 is 0 Å². The van der Waals surface area contributed by atoms with Gasteiger partial charge < -0.3 is 22.0 Å². The number of allylic oxidation sites excluding steroid dienone is 2. The first kappa shape index (κ1) is 19.2. The van der Waals surface area contributed by atoms with Gasteiger partial charge in [0.25, 0.3) is 6.61 Å². The van der Waals surface area contributed by atoms with Crippen molar-refractivity contribution < 1.29 is 26.4 Å². The van der Waals surface area contributed by atoms with Crippen molar-refractivity contribution in [2.24, 2.45) is 23.7 Å². The number of ether oxygens (including phenoxy) is 1. The van der Waals surface area contributed by atoms with E-state index in [4.69, 9.17) is 9.16 Å². The van der Waals surface area contributed by atoms with Gasteiger partial charge in [0.2, 0.25) is 0 Å². The highest BCUT2D eigenvalue weighted by atomic mass is 19.5. The van der Waals surface area contributed by atoms with Crippen molar-refractivity contribution in [1.29, 1.82) is 0 Å². The Hall–Kier alpha value is -1.11. The van der Waals surface area contributed by atoms with Crippen LogP contribution < -0.4 is 0 Å². The smallest absolute Gasteiger partial charge is 0.418 e. The summed E-state index contributed by atoms with van der Waals surface area (Å²) in [5.41, 5.74) is 6.25. The molecule has 0 aromatic heterocycles. The van der Waals surface area contributed by atoms with Crippen LogP contribution in [0.5, 0.6) is 0 Å². The summed E-state index contributed by atoms with van der Waals surface area (Å²) in [5, 5.41) is 0. The van der Waals surface area contributed by atoms with E-state index in [0.717, 1.165) is 36.9 Å². The second-order valence-electron chi connectivity index (χ2n) is 8.09. The Balaban J connectivity index is 0.000000323. The van der Waals surface area contributed by atoms with Gasteiger partial charge in [-0.2, -0.15) is 0 Å². The van der Waals surface area contributed by atoms with Crippen LogP contribution in [0.4, 0.5) is 17.3 Å². The fourth-order valence-corrected chi connectivity index (χ4v) is 6.01. The van der Waals surface area contributed by atoms with Crippen molar-refractivity contribution in [3.63, 3.8) is 0 Å². The van der Waals surface area contributed by atoms with Crippen LogP contribution in [0.1, 0.15) is 52.4 Å². The Morgan fingerprint density at radius 3 is 1.59 bits per heavy atom. The molecule has 2 saturated carbocycles. The zero-order chi connectivity index (χ0) is 19.3. The molecular formula is C20H26BF4O2. The van der Waals surface area contributed by atoms with Crippen LogP contribution in [0.15, 0.2) is 22.3 Å². The average molecular weight is 385 g/mol. The Morgan fingerprint density at radius 1 is 0.815 bits per heavy atom.